The van der Waals surface area contributed by atoms with Crippen molar-refractivity contribution in [3.8, 4) is 6.07 Å². The van der Waals surface area contributed by atoms with Crippen molar-refractivity contribution >= 4 is 17.6 Å². The van der Waals surface area contributed by atoms with Crippen LogP contribution in [0.2, 0.25) is 0 Å². The van der Waals surface area contributed by atoms with Crippen LogP contribution in [0, 0.1) is 17.2 Å². The Labute approximate surface area is 238 Å². The second-order valence-electron chi connectivity index (χ2n) is 12.5. The Balaban J connectivity index is 1.30. The topological polar surface area (TPSA) is 105 Å². The molecule has 1 aromatic heterocycles. The van der Waals surface area contributed by atoms with Gasteiger partial charge in [-0.05, 0) is 40.0 Å². The monoisotopic (exact) mass is 580 g/mol. The second-order valence-corrected chi connectivity index (χ2v) is 12.5. The molecule has 0 aromatic carbocycles. The number of hydrogen-bond acceptors (Lipinski definition) is 9. The summed E-state index contributed by atoms with van der Waals surface area (Å²) in [5, 5.41) is 19.9. The van der Waals surface area contributed by atoms with Crippen molar-refractivity contribution in [3.05, 3.63) is 17.3 Å². The number of rotatable bonds is 4. The molecule has 0 radical (unpaired) electrons. The third-order valence-electron chi connectivity index (χ3n) is 8.72. The number of anilines is 2. The number of aliphatic hydroxyl groups excluding tert-OH is 1. The molecule has 0 bridgehead atoms. The van der Waals surface area contributed by atoms with Crippen LogP contribution in [0.25, 0.3) is 0 Å². The Morgan fingerprint density at radius 1 is 1.15 bits per heavy atom. The van der Waals surface area contributed by atoms with Crippen LogP contribution in [-0.4, -0.2) is 109 Å². The van der Waals surface area contributed by atoms with E-state index in [2.05, 4.69) is 9.88 Å². The maximum atomic E-state index is 14.1. The van der Waals surface area contributed by atoms with Gasteiger partial charge in [0.25, 0.3) is 0 Å². The fraction of sp³-hybridized carbons (Fsp3) is 0.750. The number of carbonyl (C=O) groups is 1. The lowest BCUT2D eigenvalue weighted by Crippen LogP contribution is -2.64. The van der Waals surface area contributed by atoms with E-state index in [4.69, 9.17) is 9.47 Å². The van der Waals surface area contributed by atoms with Crippen LogP contribution in [0.3, 0.4) is 0 Å². The van der Waals surface area contributed by atoms with E-state index in [0.29, 0.717) is 65.4 Å². The van der Waals surface area contributed by atoms with Gasteiger partial charge in [0.15, 0.2) is 5.69 Å². The van der Waals surface area contributed by atoms with Gasteiger partial charge in [-0.1, -0.05) is 0 Å². The summed E-state index contributed by atoms with van der Waals surface area (Å²) in [4.78, 5) is 23.8. The van der Waals surface area contributed by atoms with Crippen molar-refractivity contribution in [3.63, 3.8) is 0 Å². The zero-order valence-electron chi connectivity index (χ0n) is 23.9. The van der Waals surface area contributed by atoms with Gasteiger partial charge in [0.2, 0.25) is 0 Å². The van der Waals surface area contributed by atoms with E-state index < -0.39 is 28.6 Å². The van der Waals surface area contributed by atoms with Crippen LogP contribution in [0.1, 0.15) is 51.3 Å². The van der Waals surface area contributed by atoms with Crippen LogP contribution in [-0.2, 0) is 15.7 Å². The van der Waals surface area contributed by atoms with Crippen LogP contribution in [0.15, 0.2) is 6.07 Å². The van der Waals surface area contributed by atoms with Crippen molar-refractivity contribution in [1.82, 2.24) is 14.8 Å². The minimum absolute atomic E-state index is 0.0985. The molecule has 4 aliphatic rings. The quantitative estimate of drug-likeness (QED) is 0.575. The summed E-state index contributed by atoms with van der Waals surface area (Å²) in [6.45, 7) is 10.00. The lowest BCUT2D eigenvalue weighted by atomic mass is 9.79. The number of hydrogen-bond donors (Lipinski definition) is 1. The van der Waals surface area contributed by atoms with Gasteiger partial charge < -0.3 is 29.3 Å². The number of piperidine rings is 1. The molecular weight excluding hydrogens is 541 g/mol. The SMILES string of the molecule is CC(C)(C)OC(=O)N1CCN(C2CN(c3cc(N4CCC5(CCCO5)[C@@H](CO)C4)nc(C(F)(F)F)c3C#N)C2)CC1. The van der Waals surface area contributed by atoms with Gasteiger partial charge in [-0.2, -0.15) is 18.4 Å². The molecule has 5 heterocycles. The Morgan fingerprint density at radius 2 is 1.85 bits per heavy atom. The number of aromatic nitrogens is 1. The highest BCUT2D eigenvalue weighted by molar-refractivity contribution is 5.69. The third kappa shape index (κ3) is 6.05. The van der Waals surface area contributed by atoms with Crippen molar-refractivity contribution < 1.29 is 32.5 Å². The molecule has 4 saturated heterocycles. The predicted molar refractivity (Wildman–Crippen MR) is 145 cm³/mol. The zero-order valence-corrected chi connectivity index (χ0v) is 23.9. The lowest BCUT2D eigenvalue weighted by molar-refractivity contribution is -0.141. The van der Waals surface area contributed by atoms with E-state index in [1.807, 2.05) is 20.8 Å². The molecule has 1 N–H and O–H groups in total. The fourth-order valence-electron chi connectivity index (χ4n) is 6.45. The van der Waals surface area contributed by atoms with Crippen LogP contribution < -0.4 is 9.80 Å². The molecule has 1 spiro atoms. The number of ether oxygens (including phenoxy) is 2. The van der Waals surface area contributed by atoms with Gasteiger partial charge >= 0.3 is 12.3 Å². The number of nitriles is 1. The normalized spacial score (nSPS) is 26.3. The Hall–Kier alpha value is -2.82. The fourth-order valence-corrected chi connectivity index (χ4v) is 6.45. The molecular formula is C28H39F3N6O4. The summed E-state index contributed by atoms with van der Waals surface area (Å²) in [6.07, 6.45) is -2.81. The van der Waals surface area contributed by atoms with E-state index in [0.717, 1.165) is 12.8 Å². The molecule has 4 fully saturated rings. The van der Waals surface area contributed by atoms with Gasteiger partial charge in [0.05, 0.1) is 17.9 Å². The van der Waals surface area contributed by atoms with Gasteiger partial charge in [0, 0.05) is 77.0 Å². The van der Waals surface area contributed by atoms with Gasteiger partial charge in [-0.3, -0.25) is 4.90 Å². The first-order chi connectivity index (χ1) is 19.3. The standard InChI is InChI=1S/C28H39F3N6O4/c1-26(2,3)41-25(39)35-10-8-34(9-11-35)20-16-37(17-20)22-13-23(33-24(21(22)14-32)28(29,30)31)36-7-6-27(5-4-12-40-27)19(15-36)18-38/h13,19-20,38H,4-12,15-18H2,1-3H3/t19-,27?/m1/s1. The van der Waals surface area contributed by atoms with Crippen molar-refractivity contribution in [2.75, 3.05) is 75.4 Å². The highest BCUT2D eigenvalue weighted by atomic mass is 19.4. The predicted octanol–water partition coefficient (Wildman–Crippen LogP) is 3.08. The van der Waals surface area contributed by atoms with Gasteiger partial charge in [-0.25, -0.2) is 9.78 Å². The van der Waals surface area contributed by atoms with Crippen LogP contribution >= 0.6 is 0 Å². The van der Waals surface area contributed by atoms with E-state index in [9.17, 15) is 28.3 Å². The zero-order chi connectivity index (χ0) is 29.6. The number of nitrogens with zero attached hydrogens (tertiary/aromatic N) is 6. The Bertz CT molecular complexity index is 1160. The molecule has 0 saturated carbocycles. The molecule has 10 nitrogen and oxygen atoms in total. The van der Waals surface area contributed by atoms with Crippen molar-refractivity contribution in [2.45, 2.75) is 63.5 Å². The lowest BCUT2D eigenvalue weighted by Gasteiger charge is -2.49. The van der Waals surface area contributed by atoms with E-state index >= 15 is 0 Å². The summed E-state index contributed by atoms with van der Waals surface area (Å²) in [7, 11) is 0. The van der Waals surface area contributed by atoms with E-state index in [1.54, 1.807) is 26.8 Å². The molecule has 2 atom stereocenters. The molecule has 1 amide bonds. The molecule has 13 heteroatoms. The number of carbonyl (C=O) groups excluding carboxylic acids is 1. The molecule has 41 heavy (non-hydrogen) atoms. The third-order valence-corrected chi connectivity index (χ3v) is 8.72. The summed E-state index contributed by atoms with van der Waals surface area (Å²) in [6, 6.07) is 3.45. The first-order valence-corrected chi connectivity index (χ1v) is 14.3. The molecule has 1 aromatic rings. The van der Waals surface area contributed by atoms with Gasteiger partial charge in [0.1, 0.15) is 23.1 Å². The smallest absolute Gasteiger partial charge is 0.434 e. The Kier molecular flexibility index (Phi) is 8.04. The number of pyridine rings is 1. The summed E-state index contributed by atoms with van der Waals surface area (Å²) in [5.41, 5.74) is -2.43. The minimum Gasteiger partial charge on any atom is -0.444 e. The molecule has 5 rings (SSSR count). The molecule has 0 aliphatic carbocycles. The summed E-state index contributed by atoms with van der Waals surface area (Å²) >= 11 is 0. The Morgan fingerprint density at radius 3 is 2.41 bits per heavy atom. The maximum Gasteiger partial charge on any atom is 0.434 e. The summed E-state index contributed by atoms with van der Waals surface area (Å²) < 4.78 is 53.9. The number of amides is 1. The maximum absolute atomic E-state index is 14.1. The van der Waals surface area contributed by atoms with E-state index in [1.165, 1.54) is 0 Å². The van der Waals surface area contributed by atoms with Crippen molar-refractivity contribution in [2.24, 2.45) is 5.92 Å². The first kappa shape index (κ1) is 29.7. The molecule has 226 valence electrons. The number of alkyl halides is 3. The first-order valence-electron chi connectivity index (χ1n) is 14.3. The average molecular weight is 581 g/mol. The molecule has 4 aliphatic heterocycles. The second kappa shape index (κ2) is 11.1. The van der Waals surface area contributed by atoms with Crippen LogP contribution in [0.5, 0.6) is 0 Å². The highest BCUT2D eigenvalue weighted by Gasteiger charge is 2.47. The number of piperazine rings is 1. The minimum atomic E-state index is -4.79. The van der Waals surface area contributed by atoms with Crippen LogP contribution in [0.4, 0.5) is 29.5 Å². The van der Waals surface area contributed by atoms with Gasteiger partial charge in [-0.15, -0.1) is 0 Å². The number of aliphatic hydroxyl groups is 1. The molecule has 1 unspecified atom stereocenters. The van der Waals surface area contributed by atoms with Crippen molar-refractivity contribution in [1.29, 1.82) is 5.26 Å². The average Bonchev–Trinajstić information content (AvgIpc) is 3.35. The highest BCUT2D eigenvalue weighted by Crippen LogP contribution is 2.43. The summed E-state index contributed by atoms with van der Waals surface area (Å²) in [5.74, 6) is -0.0752. The number of halogens is 3. The largest absolute Gasteiger partial charge is 0.444 e. The van der Waals surface area contributed by atoms with E-state index in [-0.39, 0.29) is 36.2 Å².